The third-order valence-corrected chi connectivity index (χ3v) is 3.60. The van der Waals surface area contributed by atoms with Crippen molar-refractivity contribution in [1.82, 2.24) is 9.55 Å². The summed E-state index contributed by atoms with van der Waals surface area (Å²) >= 11 is 0. The molecule has 0 radical (unpaired) electrons. The first-order valence-electron chi connectivity index (χ1n) is 6.75. The average Bonchev–Trinajstić information content (AvgIpc) is 2.81. The molecule has 0 aliphatic carbocycles. The zero-order valence-electron chi connectivity index (χ0n) is 12.5. The highest BCUT2D eigenvalue weighted by molar-refractivity contribution is 5.93. The van der Waals surface area contributed by atoms with Gasteiger partial charge in [0, 0.05) is 27.6 Å². The van der Waals surface area contributed by atoms with Crippen molar-refractivity contribution in [2.75, 3.05) is 19.1 Å². The van der Waals surface area contributed by atoms with E-state index in [4.69, 9.17) is 4.74 Å². The number of nitrogens with zero attached hydrogens (tertiary/aromatic N) is 3. The lowest BCUT2D eigenvalue weighted by atomic mass is 10.2. The van der Waals surface area contributed by atoms with Crippen LogP contribution in [0.3, 0.4) is 0 Å². The number of carbonyl (C=O) groups excluding carboxylic acids is 1. The third-order valence-electron chi connectivity index (χ3n) is 3.60. The van der Waals surface area contributed by atoms with Gasteiger partial charge in [-0.05, 0) is 25.5 Å². The molecular weight excluding hydrogens is 254 g/mol. The molecular formula is C15H21N3O2. The summed E-state index contributed by atoms with van der Waals surface area (Å²) < 4.78 is 7.10. The van der Waals surface area contributed by atoms with Crippen LogP contribution in [0.4, 0.5) is 5.95 Å². The van der Waals surface area contributed by atoms with Crippen molar-refractivity contribution in [2.45, 2.75) is 25.9 Å². The molecule has 20 heavy (non-hydrogen) atoms. The number of para-hydroxylation sites is 2. The van der Waals surface area contributed by atoms with E-state index in [1.165, 1.54) is 0 Å². The summed E-state index contributed by atoms with van der Waals surface area (Å²) in [6.45, 7) is 1.96. The van der Waals surface area contributed by atoms with E-state index >= 15 is 0 Å². The summed E-state index contributed by atoms with van der Waals surface area (Å²) in [5, 5.41) is 0. The van der Waals surface area contributed by atoms with Gasteiger partial charge in [-0.15, -0.1) is 0 Å². The summed E-state index contributed by atoms with van der Waals surface area (Å²) in [6.07, 6.45) is 1.26. The number of methoxy groups -OCH3 is 1. The van der Waals surface area contributed by atoms with Gasteiger partial charge in [0.1, 0.15) is 0 Å². The summed E-state index contributed by atoms with van der Waals surface area (Å²) in [7, 11) is 5.34. The van der Waals surface area contributed by atoms with Gasteiger partial charge in [0.05, 0.1) is 17.1 Å². The van der Waals surface area contributed by atoms with E-state index in [1.54, 1.807) is 19.1 Å². The lowest BCUT2D eigenvalue weighted by Crippen LogP contribution is -2.29. The summed E-state index contributed by atoms with van der Waals surface area (Å²) in [5.41, 5.74) is 1.92. The van der Waals surface area contributed by atoms with Gasteiger partial charge in [-0.2, -0.15) is 0 Å². The lowest BCUT2D eigenvalue weighted by Gasteiger charge is -2.17. The molecule has 1 heterocycles. The van der Waals surface area contributed by atoms with Gasteiger partial charge in [-0.3, -0.25) is 9.69 Å². The minimum absolute atomic E-state index is 0.0484. The Bertz CT molecular complexity index is 606. The van der Waals surface area contributed by atoms with Crippen LogP contribution in [0.5, 0.6) is 0 Å². The molecule has 2 aromatic rings. The molecule has 5 heteroatoms. The number of amides is 1. The predicted octanol–water partition coefficient (Wildman–Crippen LogP) is 2.35. The zero-order valence-corrected chi connectivity index (χ0v) is 12.5. The molecule has 1 aromatic carbocycles. The second-order valence-corrected chi connectivity index (χ2v) is 5.00. The Morgan fingerprint density at radius 1 is 1.45 bits per heavy atom. The summed E-state index contributed by atoms with van der Waals surface area (Å²) in [5.74, 6) is 0.716. The Hall–Kier alpha value is -1.88. The van der Waals surface area contributed by atoms with E-state index in [2.05, 4.69) is 4.98 Å². The zero-order chi connectivity index (χ0) is 14.7. The monoisotopic (exact) mass is 275 g/mol. The van der Waals surface area contributed by atoms with Gasteiger partial charge in [0.2, 0.25) is 11.9 Å². The van der Waals surface area contributed by atoms with Gasteiger partial charge >= 0.3 is 0 Å². The topological polar surface area (TPSA) is 47.4 Å². The Morgan fingerprint density at radius 3 is 2.80 bits per heavy atom. The van der Waals surface area contributed by atoms with E-state index in [-0.39, 0.29) is 12.0 Å². The minimum atomic E-state index is 0.0484. The Morgan fingerprint density at radius 2 is 2.15 bits per heavy atom. The number of aryl methyl sites for hydroxylation is 1. The highest BCUT2D eigenvalue weighted by Gasteiger charge is 2.17. The van der Waals surface area contributed by atoms with Gasteiger partial charge < -0.3 is 9.30 Å². The van der Waals surface area contributed by atoms with E-state index in [0.29, 0.717) is 18.8 Å². The van der Waals surface area contributed by atoms with E-state index < -0.39 is 0 Å². The van der Waals surface area contributed by atoms with Gasteiger partial charge in [0.25, 0.3) is 0 Å². The molecule has 1 amide bonds. The maximum Gasteiger partial charge on any atom is 0.229 e. The highest BCUT2D eigenvalue weighted by Crippen LogP contribution is 2.20. The number of benzene rings is 1. The molecule has 0 bridgehead atoms. The Labute approximate surface area is 119 Å². The number of anilines is 1. The molecule has 0 saturated heterocycles. The molecule has 0 N–H and O–H groups in total. The number of hydrogen-bond acceptors (Lipinski definition) is 3. The molecule has 0 spiro atoms. The number of hydrogen-bond donors (Lipinski definition) is 0. The van der Waals surface area contributed by atoms with Gasteiger partial charge in [-0.25, -0.2) is 4.98 Å². The molecule has 5 nitrogen and oxygen atoms in total. The van der Waals surface area contributed by atoms with Gasteiger partial charge in [-0.1, -0.05) is 12.1 Å². The first kappa shape index (κ1) is 14.5. The van der Waals surface area contributed by atoms with Crippen LogP contribution in [-0.2, 0) is 16.6 Å². The van der Waals surface area contributed by atoms with E-state index in [9.17, 15) is 4.79 Å². The largest absolute Gasteiger partial charge is 0.382 e. The van der Waals surface area contributed by atoms with Gasteiger partial charge in [0.15, 0.2) is 0 Å². The third kappa shape index (κ3) is 2.82. The maximum absolute atomic E-state index is 12.2. The van der Waals surface area contributed by atoms with Crippen LogP contribution < -0.4 is 4.90 Å². The van der Waals surface area contributed by atoms with Crippen molar-refractivity contribution in [3.63, 3.8) is 0 Å². The number of fused-ring (bicyclic) bond motifs is 1. The SMILES string of the molecule is CO[C@@H](C)CCC(=O)N(C)c1nc2ccccc2n1C. The highest BCUT2D eigenvalue weighted by atomic mass is 16.5. The van der Waals surface area contributed by atoms with Crippen LogP contribution in [-0.4, -0.2) is 35.7 Å². The predicted molar refractivity (Wildman–Crippen MR) is 79.8 cm³/mol. The van der Waals surface area contributed by atoms with Crippen LogP contribution in [0.15, 0.2) is 24.3 Å². The van der Waals surface area contributed by atoms with Crippen molar-refractivity contribution >= 4 is 22.9 Å². The van der Waals surface area contributed by atoms with Crippen molar-refractivity contribution in [3.05, 3.63) is 24.3 Å². The van der Waals surface area contributed by atoms with Crippen molar-refractivity contribution in [2.24, 2.45) is 7.05 Å². The first-order valence-corrected chi connectivity index (χ1v) is 6.75. The molecule has 0 aliphatic heterocycles. The van der Waals surface area contributed by atoms with Crippen LogP contribution in [0.25, 0.3) is 11.0 Å². The fourth-order valence-corrected chi connectivity index (χ4v) is 2.16. The lowest BCUT2D eigenvalue weighted by molar-refractivity contribution is -0.119. The van der Waals surface area contributed by atoms with Crippen LogP contribution in [0.2, 0.25) is 0 Å². The molecule has 0 aliphatic rings. The molecule has 0 saturated carbocycles. The number of carbonyl (C=O) groups is 1. The number of ether oxygens (including phenoxy) is 1. The molecule has 0 fully saturated rings. The smallest absolute Gasteiger partial charge is 0.229 e. The van der Waals surface area contributed by atoms with Crippen LogP contribution in [0, 0.1) is 0 Å². The maximum atomic E-state index is 12.2. The fraction of sp³-hybridized carbons (Fsp3) is 0.467. The van der Waals surface area contributed by atoms with Crippen molar-refractivity contribution in [1.29, 1.82) is 0 Å². The van der Waals surface area contributed by atoms with Crippen LogP contribution >= 0.6 is 0 Å². The normalized spacial score (nSPS) is 12.6. The fourth-order valence-electron chi connectivity index (χ4n) is 2.16. The van der Waals surface area contributed by atoms with E-state index in [1.807, 2.05) is 42.8 Å². The second-order valence-electron chi connectivity index (χ2n) is 5.00. The quantitative estimate of drug-likeness (QED) is 0.841. The summed E-state index contributed by atoms with van der Waals surface area (Å²) in [6, 6.07) is 7.86. The molecule has 2 rings (SSSR count). The van der Waals surface area contributed by atoms with E-state index in [0.717, 1.165) is 11.0 Å². The molecule has 1 aromatic heterocycles. The number of rotatable bonds is 5. The van der Waals surface area contributed by atoms with Crippen LogP contribution in [0.1, 0.15) is 19.8 Å². The minimum Gasteiger partial charge on any atom is -0.382 e. The number of imidazole rings is 1. The molecule has 1 atom stereocenters. The summed E-state index contributed by atoms with van der Waals surface area (Å²) in [4.78, 5) is 18.3. The second kappa shape index (κ2) is 6.05. The average molecular weight is 275 g/mol. The Balaban J connectivity index is 2.16. The first-order chi connectivity index (χ1) is 9.54. The van der Waals surface area contributed by atoms with Crippen molar-refractivity contribution in [3.8, 4) is 0 Å². The Kier molecular flexibility index (Phi) is 4.39. The number of aromatic nitrogens is 2. The van der Waals surface area contributed by atoms with Crippen molar-refractivity contribution < 1.29 is 9.53 Å². The standard InChI is InChI=1S/C15H21N3O2/c1-11(20-4)9-10-14(19)18(3)15-16-12-7-5-6-8-13(12)17(15)2/h5-8,11H,9-10H2,1-4H3/t11-/m0/s1. The molecule has 108 valence electrons. The molecule has 0 unspecified atom stereocenters.